The number of aromatic nitrogens is 4. The van der Waals surface area contributed by atoms with Crippen LogP contribution in [-0.4, -0.2) is 19.1 Å². The molecule has 0 spiro atoms. The summed E-state index contributed by atoms with van der Waals surface area (Å²) in [5.41, 5.74) is 11.8. The fourth-order valence-electron chi connectivity index (χ4n) is 9.03. The Morgan fingerprint density at radius 2 is 0.898 bits per heavy atom. The molecule has 0 aliphatic heterocycles. The average molecular weight is 754 g/mol. The van der Waals surface area contributed by atoms with Crippen molar-refractivity contribution < 1.29 is 4.42 Å². The maximum atomic E-state index is 11.3. The van der Waals surface area contributed by atoms with Crippen LogP contribution >= 0.6 is 0 Å². The highest BCUT2D eigenvalue weighted by molar-refractivity contribution is 6.19. The Hall–Kier alpha value is -8.27. The third-order valence-corrected chi connectivity index (χ3v) is 11.6. The van der Waals surface area contributed by atoms with Crippen LogP contribution in [-0.2, 0) is 0 Å². The maximum Gasteiger partial charge on any atom is 0.164 e. The number of furan rings is 1. The van der Waals surface area contributed by atoms with Gasteiger partial charge >= 0.3 is 0 Å². The smallest absolute Gasteiger partial charge is 0.164 e. The maximum absolute atomic E-state index is 11.3. The lowest BCUT2D eigenvalue weighted by atomic mass is 10.0. The summed E-state index contributed by atoms with van der Waals surface area (Å²) in [5, 5.41) is 17.4. The molecule has 6 heteroatoms. The van der Waals surface area contributed by atoms with E-state index in [1.165, 1.54) is 0 Å². The van der Waals surface area contributed by atoms with Gasteiger partial charge in [0.15, 0.2) is 11.4 Å². The first-order valence-electron chi connectivity index (χ1n) is 19.6. The molecular weight excluding hydrogens is 723 g/mol. The van der Waals surface area contributed by atoms with E-state index < -0.39 is 0 Å². The number of nitrogens with zero attached hydrogens (tertiary/aromatic N) is 5. The molecule has 0 atom stereocenters. The molecular formula is C53H31N5O. The van der Waals surface area contributed by atoms with Gasteiger partial charge < -0.3 is 13.6 Å². The first kappa shape index (κ1) is 32.9. The summed E-state index contributed by atoms with van der Waals surface area (Å²) in [6.45, 7) is 0. The average Bonchev–Trinajstić information content (AvgIpc) is 3.97. The summed E-state index contributed by atoms with van der Waals surface area (Å²) < 4.78 is 11.8. The van der Waals surface area contributed by atoms with Crippen molar-refractivity contribution in [2.24, 2.45) is 0 Å². The lowest BCUT2D eigenvalue weighted by molar-refractivity contribution is 0.667. The molecule has 59 heavy (non-hydrogen) atoms. The van der Waals surface area contributed by atoms with Gasteiger partial charge in [0.05, 0.1) is 61.3 Å². The number of fused-ring (bicyclic) bond motifs is 9. The highest BCUT2D eigenvalue weighted by atomic mass is 16.3. The molecule has 0 aliphatic rings. The molecule has 0 saturated heterocycles. The van der Waals surface area contributed by atoms with Crippen molar-refractivity contribution in [2.75, 3.05) is 0 Å². The number of hydrogen-bond donors (Lipinski definition) is 0. The summed E-state index contributed by atoms with van der Waals surface area (Å²) in [4.78, 5) is 10.5. The van der Waals surface area contributed by atoms with Crippen molar-refractivity contribution in [3.63, 3.8) is 0 Å². The predicted molar refractivity (Wildman–Crippen MR) is 239 cm³/mol. The number of hydrogen-bond acceptors (Lipinski definition) is 4. The van der Waals surface area contributed by atoms with E-state index in [0.29, 0.717) is 22.6 Å². The second-order valence-electron chi connectivity index (χ2n) is 14.8. The highest BCUT2D eigenvalue weighted by Gasteiger charge is 2.27. The monoisotopic (exact) mass is 753 g/mol. The first-order chi connectivity index (χ1) is 29.2. The van der Waals surface area contributed by atoms with Gasteiger partial charge in [-0.3, -0.25) is 0 Å². The first-order valence-corrected chi connectivity index (χ1v) is 19.6. The second-order valence-corrected chi connectivity index (χ2v) is 14.8. The lowest BCUT2D eigenvalue weighted by Crippen LogP contribution is -2.02. The summed E-state index contributed by atoms with van der Waals surface area (Å²) in [7, 11) is 0. The van der Waals surface area contributed by atoms with Crippen LogP contribution in [0.15, 0.2) is 192 Å². The Labute approximate surface area is 338 Å². The SMILES string of the molecule is N#Cc1cc(-n2c3ccccc3c3ccccc32)c2oc3c(-c4nc(-c5ccccc5)cc(-c5ccccc5)n4)cccc3c2c1-n1c2ccccc2c2ccccc21. The number of nitriles is 1. The Balaban J connectivity index is 1.25. The highest BCUT2D eigenvalue weighted by Crippen LogP contribution is 2.46. The normalized spacial score (nSPS) is 11.7. The van der Waals surface area contributed by atoms with E-state index >= 15 is 0 Å². The number of benzene rings is 8. The van der Waals surface area contributed by atoms with Crippen LogP contribution < -0.4 is 0 Å². The summed E-state index contributed by atoms with van der Waals surface area (Å²) in [6.07, 6.45) is 0. The van der Waals surface area contributed by atoms with Crippen molar-refractivity contribution in [1.82, 2.24) is 19.1 Å². The number of para-hydroxylation sites is 5. The molecule has 0 N–H and O–H groups in total. The molecule has 0 bridgehead atoms. The summed E-state index contributed by atoms with van der Waals surface area (Å²) in [6, 6.07) is 66.9. The van der Waals surface area contributed by atoms with Crippen LogP contribution in [0, 0.1) is 11.3 Å². The molecule has 12 rings (SSSR count). The molecule has 0 saturated carbocycles. The minimum absolute atomic E-state index is 0.530. The van der Waals surface area contributed by atoms with Gasteiger partial charge in [0.1, 0.15) is 11.7 Å². The molecule has 0 unspecified atom stereocenters. The van der Waals surface area contributed by atoms with E-state index in [1.54, 1.807) is 0 Å². The Kier molecular flexibility index (Phi) is 7.19. The van der Waals surface area contributed by atoms with Crippen LogP contribution in [0.25, 0.3) is 111 Å². The van der Waals surface area contributed by atoms with Crippen molar-refractivity contribution in [2.45, 2.75) is 0 Å². The van der Waals surface area contributed by atoms with E-state index in [0.717, 1.165) is 93.8 Å². The zero-order valence-corrected chi connectivity index (χ0v) is 31.5. The van der Waals surface area contributed by atoms with E-state index in [2.05, 4.69) is 143 Å². The van der Waals surface area contributed by atoms with Gasteiger partial charge in [0.2, 0.25) is 0 Å². The largest absolute Gasteiger partial charge is 0.453 e. The Bertz CT molecular complexity index is 3520. The molecule has 274 valence electrons. The zero-order chi connectivity index (χ0) is 39.0. The number of rotatable bonds is 5. The van der Waals surface area contributed by atoms with E-state index in [-0.39, 0.29) is 0 Å². The quantitative estimate of drug-likeness (QED) is 0.175. The van der Waals surface area contributed by atoms with Gasteiger partial charge in [-0.1, -0.05) is 146 Å². The molecule has 12 aromatic rings. The molecule has 8 aromatic carbocycles. The summed E-state index contributed by atoms with van der Waals surface area (Å²) in [5.74, 6) is 0.548. The molecule has 4 heterocycles. The van der Waals surface area contributed by atoms with Crippen LogP contribution in [0.1, 0.15) is 5.56 Å². The van der Waals surface area contributed by atoms with E-state index in [9.17, 15) is 5.26 Å². The van der Waals surface area contributed by atoms with Crippen LogP contribution in [0.2, 0.25) is 0 Å². The third kappa shape index (κ3) is 4.92. The van der Waals surface area contributed by atoms with E-state index in [1.807, 2.05) is 60.7 Å². The van der Waals surface area contributed by atoms with E-state index in [4.69, 9.17) is 14.4 Å². The van der Waals surface area contributed by atoms with Crippen molar-refractivity contribution in [3.8, 4) is 51.3 Å². The molecule has 0 fully saturated rings. The van der Waals surface area contributed by atoms with Crippen molar-refractivity contribution in [1.29, 1.82) is 5.26 Å². The minimum atomic E-state index is 0.530. The second kappa shape index (κ2) is 12.9. The molecule has 6 nitrogen and oxygen atoms in total. The predicted octanol–water partition coefficient (Wildman–Crippen LogP) is 13.4. The van der Waals surface area contributed by atoms with Crippen LogP contribution in [0.5, 0.6) is 0 Å². The molecule has 0 aliphatic carbocycles. The van der Waals surface area contributed by atoms with Crippen molar-refractivity contribution in [3.05, 3.63) is 194 Å². The molecule has 0 radical (unpaired) electrons. The van der Waals surface area contributed by atoms with Gasteiger partial charge in [-0.05, 0) is 42.5 Å². The van der Waals surface area contributed by atoms with Gasteiger partial charge in [-0.25, -0.2) is 9.97 Å². The standard InChI is InChI=1S/C53H31N5O/c54-32-35-30-48(57-44-26-11-7-20-36(44)37-21-8-12-27-45(37)57)52-49(50(35)58-46-28-13-9-22-38(46)39-23-10-14-29-47(39)58)40-24-15-25-41(51(40)59-52)53-55-42(33-16-3-1-4-17-33)31-43(56-53)34-18-5-2-6-19-34/h1-31H. The summed E-state index contributed by atoms with van der Waals surface area (Å²) >= 11 is 0. The minimum Gasteiger partial charge on any atom is -0.453 e. The van der Waals surface area contributed by atoms with Crippen LogP contribution in [0.4, 0.5) is 0 Å². The third-order valence-electron chi connectivity index (χ3n) is 11.6. The van der Waals surface area contributed by atoms with Crippen molar-refractivity contribution >= 4 is 65.6 Å². The topological polar surface area (TPSA) is 72.6 Å². The van der Waals surface area contributed by atoms with Gasteiger partial charge in [-0.15, -0.1) is 0 Å². The van der Waals surface area contributed by atoms with Gasteiger partial charge in [0.25, 0.3) is 0 Å². The molecule has 0 amide bonds. The zero-order valence-electron chi connectivity index (χ0n) is 31.5. The van der Waals surface area contributed by atoms with Gasteiger partial charge in [0, 0.05) is 38.1 Å². The van der Waals surface area contributed by atoms with Gasteiger partial charge in [-0.2, -0.15) is 5.26 Å². The Morgan fingerprint density at radius 3 is 1.41 bits per heavy atom. The fraction of sp³-hybridized carbons (Fsp3) is 0. The Morgan fingerprint density at radius 1 is 0.441 bits per heavy atom. The van der Waals surface area contributed by atoms with Crippen LogP contribution in [0.3, 0.4) is 0 Å². The molecule has 4 aromatic heterocycles. The fourth-order valence-corrected chi connectivity index (χ4v) is 9.03. The lowest BCUT2D eigenvalue weighted by Gasteiger charge is -2.15.